The molecular formula is C18H30N4O. The zero-order chi connectivity index (χ0) is 16.5. The van der Waals surface area contributed by atoms with Gasteiger partial charge in [-0.1, -0.05) is 25.1 Å². The highest BCUT2D eigenvalue weighted by molar-refractivity contribution is 5.79. The number of hydrogen-bond donors (Lipinski definition) is 2. The van der Waals surface area contributed by atoms with E-state index in [2.05, 4.69) is 33.5 Å². The van der Waals surface area contributed by atoms with Crippen molar-refractivity contribution < 1.29 is 4.74 Å². The quantitative estimate of drug-likeness (QED) is 0.597. The van der Waals surface area contributed by atoms with Gasteiger partial charge in [0, 0.05) is 32.2 Å². The van der Waals surface area contributed by atoms with E-state index >= 15 is 0 Å². The molecule has 1 unspecified atom stereocenters. The van der Waals surface area contributed by atoms with E-state index < -0.39 is 0 Å². The number of para-hydroxylation sites is 1. The number of likely N-dealkylation sites (tertiary alicyclic amines) is 1. The lowest BCUT2D eigenvalue weighted by Gasteiger charge is -2.17. The molecular weight excluding hydrogens is 288 g/mol. The first-order chi connectivity index (χ1) is 11.3. The fourth-order valence-corrected chi connectivity index (χ4v) is 3.09. The maximum absolute atomic E-state index is 5.38. The van der Waals surface area contributed by atoms with Crippen molar-refractivity contribution in [2.24, 2.45) is 10.9 Å². The van der Waals surface area contributed by atoms with E-state index in [0.717, 1.165) is 23.8 Å². The SMILES string of the molecule is CCCN1CCC(CNC(=NC)NCc2ccccc2OC)C1. The van der Waals surface area contributed by atoms with Gasteiger partial charge in [-0.15, -0.1) is 0 Å². The molecule has 2 N–H and O–H groups in total. The van der Waals surface area contributed by atoms with E-state index in [-0.39, 0.29) is 0 Å². The van der Waals surface area contributed by atoms with E-state index in [4.69, 9.17) is 4.74 Å². The first-order valence-electron chi connectivity index (χ1n) is 8.55. The number of rotatable bonds is 7. The van der Waals surface area contributed by atoms with Gasteiger partial charge in [0.15, 0.2) is 5.96 Å². The number of aliphatic imine (C=N–C) groups is 1. The molecule has 128 valence electrons. The van der Waals surface area contributed by atoms with E-state index in [1.807, 2.05) is 25.2 Å². The summed E-state index contributed by atoms with van der Waals surface area (Å²) in [6.07, 6.45) is 2.51. The van der Waals surface area contributed by atoms with Crippen LogP contribution < -0.4 is 15.4 Å². The highest BCUT2D eigenvalue weighted by atomic mass is 16.5. The fraction of sp³-hybridized carbons (Fsp3) is 0.611. The summed E-state index contributed by atoms with van der Waals surface area (Å²) in [6.45, 7) is 7.58. The average molecular weight is 318 g/mol. The Labute approximate surface area is 140 Å². The Hall–Kier alpha value is -1.75. The molecule has 1 atom stereocenters. The first-order valence-corrected chi connectivity index (χ1v) is 8.55. The van der Waals surface area contributed by atoms with Crippen LogP contribution in [0.4, 0.5) is 0 Å². The van der Waals surface area contributed by atoms with E-state index in [1.165, 1.54) is 32.5 Å². The first kappa shape index (κ1) is 17.6. The molecule has 1 aliphatic heterocycles. The molecule has 1 aliphatic rings. The van der Waals surface area contributed by atoms with Crippen molar-refractivity contribution in [1.29, 1.82) is 0 Å². The molecule has 1 aromatic carbocycles. The molecule has 1 aromatic rings. The number of ether oxygens (including phenoxy) is 1. The Balaban J connectivity index is 1.76. The highest BCUT2D eigenvalue weighted by Gasteiger charge is 2.21. The zero-order valence-electron chi connectivity index (χ0n) is 14.6. The lowest BCUT2D eigenvalue weighted by molar-refractivity contribution is 0.324. The Morgan fingerprint density at radius 2 is 2.17 bits per heavy atom. The summed E-state index contributed by atoms with van der Waals surface area (Å²) in [6, 6.07) is 8.06. The molecule has 0 bridgehead atoms. The molecule has 0 spiro atoms. The lowest BCUT2D eigenvalue weighted by Crippen LogP contribution is -2.40. The van der Waals surface area contributed by atoms with Gasteiger partial charge in [0.05, 0.1) is 7.11 Å². The van der Waals surface area contributed by atoms with Crippen molar-refractivity contribution >= 4 is 5.96 Å². The largest absolute Gasteiger partial charge is 0.496 e. The number of guanidine groups is 1. The van der Waals surface area contributed by atoms with Crippen molar-refractivity contribution in [3.63, 3.8) is 0 Å². The lowest BCUT2D eigenvalue weighted by atomic mass is 10.1. The normalized spacial score (nSPS) is 18.9. The molecule has 0 aliphatic carbocycles. The van der Waals surface area contributed by atoms with Gasteiger partial charge in [0.2, 0.25) is 0 Å². The molecule has 5 heteroatoms. The molecule has 1 heterocycles. The third-order valence-electron chi connectivity index (χ3n) is 4.33. The molecule has 0 amide bonds. The second-order valence-electron chi connectivity index (χ2n) is 6.07. The zero-order valence-corrected chi connectivity index (χ0v) is 14.6. The number of nitrogens with zero attached hydrogens (tertiary/aromatic N) is 2. The van der Waals surface area contributed by atoms with Crippen molar-refractivity contribution in [2.75, 3.05) is 40.3 Å². The van der Waals surface area contributed by atoms with Crippen LogP contribution >= 0.6 is 0 Å². The van der Waals surface area contributed by atoms with Crippen molar-refractivity contribution in [3.05, 3.63) is 29.8 Å². The fourth-order valence-electron chi connectivity index (χ4n) is 3.09. The second kappa shape index (κ2) is 9.40. The van der Waals surface area contributed by atoms with Crippen LogP contribution in [0.25, 0.3) is 0 Å². The van der Waals surface area contributed by atoms with Crippen LogP contribution in [0.3, 0.4) is 0 Å². The van der Waals surface area contributed by atoms with Gasteiger partial charge < -0.3 is 20.3 Å². The number of hydrogen-bond acceptors (Lipinski definition) is 3. The van der Waals surface area contributed by atoms with Crippen molar-refractivity contribution in [2.45, 2.75) is 26.3 Å². The Morgan fingerprint density at radius 3 is 2.91 bits per heavy atom. The molecule has 0 radical (unpaired) electrons. The molecule has 2 rings (SSSR count). The van der Waals surface area contributed by atoms with Gasteiger partial charge in [-0.3, -0.25) is 4.99 Å². The minimum Gasteiger partial charge on any atom is -0.496 e. The molecule has 5 nitrogen and oxygen atoms in total. The van der Waals surface area contributed by atoms with Crippen LogP contribution in [0.1, 0.15) is 25.3 Å². The van der Waals surface area contributed by atoms with E-state index in [0.29, 0.717) is 12.5 Å². The van der Waals surface area contributed by atoms with Crippen LogP contribution in [0, 0.1) is 5.92 Å². The van der Waals surface area contributed by atoms with Crippen molar-refractivity contribution in [1.82, 2.24) is 15.5 Å². The number of nitrogens with one attached hydrogen (secondary N) is 2. The van der Waals surface area contributed by atoms with Gasteiger partial charge in [-0.05, 0) is 37.9 Å². The van der Waals surface area contributed by atoms with Gasteiger partial charge in [0.25, 0.3) is 0 Å². The summed E-state index contributed by atoms with van der Waals surface area (Å²) < 4.78 is 5.38. The summed E-state index contributed by atoms with van der Waals surface area (Å²) in [4.78, 5) is 6.87. The summed E-state index contributed by atoms with van der Waals surface area (Å²) in [5.74, 6) is 2.47. The van der Waals surface area contributed by atoms with Crippen LogP contribution in [0.15, 0.2) is 29.3 Å². The third kappa shape index (κ3) is 5.43. The van der Waals surface area contributed by atoms with Gasteiger partial charge in [-0.2, -0.15) is 0 Å². The summed E-state index contributed by atoms with van der Waals surface area (Å²) >= 11 is 0. The summed E-state index contributed by atoms with van der Waals surface area (Å²) in [5.41, 5.74) is 1.13. The standard InChI is InChI=1S/C18H30N4O/c1-4-10-22-11-9-15(14-22)12-20-18(19-2)21-13-16-7-5-6-8-17(16)23-3/h5-8,15H,4,9-14H2,1-3H3,(H2,19,20,21). The maximum atomic E-state index is 5.38. The topological polar surface area (TPSA) is 48.9 Å². The molecule has 0 aromatic heterocycles. The predicted molar refractivity (Wildman–Crippen MR) is 96.0 cm³/mol. The van der Waals surface area contributed by atoms with Crippen LogP contribution in [-0.4, -0.2) is 51.2 Å². The number of methoxy groups -OCH3 is 1. The van der Waals surface area contributed by atoms with Crippen molar-refractivity contribution in [3.8, 4) is 5.75 Å². The summed E-state index contributed by atoms with van der Waals surface area (Å²) in [5, 5.41) is 6.82. The van der Waals surface area contributed by atoms with Crippen LogP contribution in [0.5, 0.6) is 5.75 Å². The smallest absolute Gasteiger partial charge is 0.191 e. The van der Waals surface area contributed by atoms with Gasteiger partial charge in [0.1, 0.15) is 5.75 Å². The minimum atomic E-state index is 0.705. The Morgan fingerprint density at radius 1 is 1.35 bits per heavy atom. The maximum Gasteiger partial charge on any atom is 0.191 e. The molecule has 0 saturated carbocycles. The monoisotopic (exact) mass is 318 g/mol. The Kier molecular flexibility index (Phi) is 7.20. The van der Waals surface area contributed by atoms with E-state index in [1.54, 1.807) is 7.11 Å². The molecule has 23 heavy (non-hydrogen) atoms. The van der Waals surface area contributed by atoms with Gasteiger partial charge >= 0.3 is 0 Å². The Bertz CT molecular complexity index is 504. The number of benzene rings is 1. The van der Waals surface area contributed by atoms with E-state index in [9.17, 15) is 0 Å². The minimum absolute atomic E-state index is 0.705. The van der Waals surface area contributed by atoms with Gasteiger partial charge in [-0.25, -0.2) is 0 Å². The average Bonchev–Trinajstić information content (AvgIpc) is 3.03. The summed E-state index contributed by atoms with van der Waals surface area (Å²) in [7, 11) is 3.52. The highest BCUT2D eigenvalue weighted by Crippen LogP contribution is 2.17. The predicted octanol–water partition coefficient (Wildman–Crippen LogP) is 2.09. The third-order valence-corrected chi connectivity index (χ3v) is 4.33. The molecule has 1 saturated heterocycles. The van der Waals surface area contributed by atoms with Crippen LogP contribution in [-0.2, 0) is 6.54 Å². The van der Waals surface area contributed by atoms with Crippen LogP contribution in [0.2, 0.25) is 0 Å². The second-order valence-corrected chi connectivity index (χ2v) is 6.07. The molecule has 1 fully saturated rings.